The van der Waals surface area contributed by atoms with Crippen molar-refractivity contribution in [2.24, 2.45) is 10.9 Å². The summed E-state index contributed by atoms with van der Waals surface area (Å²) in [6, 6.07) is 0.400. The number of aromatic nitrogens is 4. The van der Waals surface area contributed by atoms with E-state index in [0.29, 0.717) is 30.2 Å². The number of imidazole rings is 1. The van der Waals surface area contributed by atoms with Crippen LogP contribution < -0.4 is 5.32 Å². The molecule has 1 saturated heterocycles. The van der Waals surface area contributed by atoms with Crippen LogP contribution in [0.1, 0.15) is 31.1 Å². The van der Waals surface area contributed by atoms with Gasteiger partial charge in [0.15, 0.2) is 11.8 Å². The number of aliphatic imine (C=N–C) groups is 1. The summed E-state index contributed by atoms with van der Waals surface area (Å²) in [5, 5.41) is 7.22. The number of rotatable bonds is 3. The van der Waals surface area contributed by atoms with E-state index in [1.165, 1.54) is 0 Å². The topological polar surface area (TPSA) is 84.4 Å². The first kappa shape index (κ1) is 18.7. The zero-order valence-corrected chi connectivity index (χ0v) is 16.5. The molecule has 2 atom stereocenters. The fourth-order valence-corrected chi connectivity index (χ4v) is 3.00. The third-order valence-corrected chi connectivity index (χ3v) is 4.31. The molecule has 3 heterocycles. The van der Waals surface area contributed by atoms with Gasteiger partial charge in [0.25, 0.3) is 0 Å². The minimum atomic E-state index is 0. The van der Waals surface area contributed by atoms with Gasteiger partial charge >= 0.3 is 0 Å². The lowest BCUT2D eigenvalue weighted by Crippen LogP contribution is -2.48. The van der Waals surface area contributed by atoms with Crippen LogP contribution in [0.15, 0.2) is 28.2 Å². The third-order valence-electron chi connectivity index (χ3n) is 4.31. The number of likely N-dealkylation sites (tertiary alicyclic amines) is 1. The molecular weight excluding hydrogens is 421 g/mol. The number of nitrogens with one attached hydrogen (secondary N) is 1. The highest BCUT2D eigenvalue weighted by Gasteiger charge is 2.28. The summed E-state index contributed by atoms with van der Waals surface area (Å²) in [4.78, 5) is 15.0. The zero-order valence-electron chi connectivity index (χ0n) is 14.2. The van der Waals surface area contributed by atoms with Crippen molar-refractivity contribution in [2.75, 3.05) is 20.1 Å². The van der Waals surface area contributed by atoms with Gasteiger partial charge in [-0.15, -0.1) is 24.0 Å². The number of hydrogen-bond donors (Lipinski definition) is 1. The van der Waals surface area contributed by atoms with Crippen molar-refractivity contribution in [3.63, 3.8) is 0 Å². The van der Waals surface area contributed by atoms with E-state index in [-0.39, 0.29) is 24.0 Å². The highest BCUT2D eigenvalue weighted by molar-refractivity contribution is 14.0. The minimum Gasteiger partial charge on any atom is -0.349 e. The number of hydrogen-bond acceptors (Lipinski definition) is 5. The van der Waals surface area contributed by atoms with Gasteiger partial charge in [-0.25, -0.2) is 4.98 Å². The number of halogens is 1. The second-order valence-electron chi connectivity index (χ2n) is 5.92. The number of nitrogens with zero attached hydrogens (tertiary/aromatic N) is 6. The lowest BCUT2D eigenvalue weighted by molar-refractivity contribution is 0.189. The Morgan fingerprint density at radius 1 is 1.50 bits per heavy atom. The van der Waals surface area contributed by atoms with E-state index < -0.39 is 0 Å². The van der Waals surface area contributed by atoms with Crippen molar-refractivity contribution in [3.8, 4) is 0 Å². The van der Waals surface area contributed by atoms with Gasteiger partial charge in [-0.3, -0.25) is 4.99 Å². The van der Waals surface area contributed by atoms with E-state index in [4.69, 9.17) is 4.52 Å². The van der Waals surface area contributed by atoms with Crippen molar-refractivity contribution in [3.05, 3.63) is 30.4 Å². The predicted octanol–water partition coefficient (Wildman–Crippen LogP) is 1.85. The van der Waals surface area contributed by atoms with Crippen LogP contribution in [0.5, 0.6) is 0 Å². The smallest absolute Gasteiger partial charge is 0.223 e. The maximum absolute atomic E-state index is 4.99. The number of guanidine groups is 1. The van der Waals surface area contributed by atoms with Crippen LogP contribution >= 0.6 is 24.0 Å². The molecule has 9 heteroatoms. The Morgan fingerprint density at radius 2 is 2.33 bits per heavy atom. The van der Waals surface area contributed by atoms with Crippen LogP contribution in [-0.2, 0) is 6.54 Å². The Balaban J connectivity index is 0.00000208. The highest BCUT2D eigenvalue weighted by atomic mass is 127. The molecule has 3 rings (SSSR count). The average molecular weight is 445 g/mol. The standard InChI is InChI=1S/C15H23N7O.HI/c1-11-4-6-21(9-13(11)22-7-5-17-10-22)15(16-3)18-8-14-19-12(2)23-20-14;/h5,7,10-11,13H,4,6,8-9H2,1-3H3,(H,16,18);1H. The summed E-state index contributed by atoms with van der Waals surface area (Å²) < 4.78 is 7.18. The van der Waals surface area contributed by atoms with E-state index in [1.807, 2.05) is 18.7 Å². The van der Waals surface area contributed by atoms with Gasteiger partial charge in [0.1, 0.15) is 0 Å². The molecule has 2 aromatic heterocycles. The Bertz CT molecular complexity index is 655. The molecule has 2 unspecified atom stereocenters. The molecule has 1 aliphatic rings. The molecule has 0 aliphatic carbocycles. The molecule has 0 amide bonds. The van der Waals surface area contributed by atoms with Gasteiger partial charge < -0.3 is 19.3 Å². The molecule has 2 aromatic rings. The van der Waals surface area contributed by atoms with Crippen LogP contribution in [0.4, 0.5) is 0 Å². The van der Waals surface area contributed by atoms with E-state index in [1.54, 1.807) is 14.0 Å². The summed E-state index contributed by atoms with van der Waals surface area (Å²) in [6.45, 7) is 6.47. The highest BCUT2D eigenvalue weighted by Crippen LogP contribution is 2.27. The Hall–Kier alpha value is -1.65. The van der Waals surface area contributed by atoms with Gasteiger partial charge in [0, 0.05) is 39.5 Å². The summed E-state index contributed by atoms with van der Waals surface area (Å²) in [5.41, 5.74) is 0. The quantitative estimate of drug-likeness (QED) is 0.441. The maximum atomic E-state index is 4.99. The maximum Gasteiger partial charge on any atom is 0.223 e. The van der Waals surface area contributed by atoms with Crippen LogP contribution in [0.3, 0.4) is 0 Å². The van der Waals surface area contributed by atoms with Crippen LogP contribution in [0.25, 0.3) is 0 Å². The van der Waals surface area contributed by atoms with E-state index in [2.05, 4.69) is 41.8 Å². The third kappa shape index (κ3) is 4.25. The molecule has 1 aliphatic heterocycles. The van der Waals surface area contributed by atoms with Crippen LogP contribution in [0.2, 0.25) is 0 Å². The number of piperidine rings is 1. The molecule has 24 heavy (non-hydrogen) atoms. The van der Waals surface area contributed by atoms with E-state index >= 15 is 0 Å². The molecule has 0 aromatic carbocycles. The molecule has 132 valence electrons. The molecule has 0 saturated carbocycles. The number of aryl methyl sites for hydroxylation is 1. The van der Waals surface area contributed by atoms with E-state index in [0.717, 1.165) is 25.5 Å². The Morgan fingerprint density at radius 3 is 2.96 bits per heavy atom. The predicted molar refractivity (Wildman–Crippen MR) is 101 cm³/mol. The largest absolute Gasteiger partial charge is 0.349 e. The van der Waals surface area contributed by atoms with Crippen LogP contribution in [-0.4, -0.2) is 50.7 Å². The summed E-state index contributed by atoms with van der Waals surface area (Å²) >= 11 is 0. The fraction of sp³-hybridized carbons (Fsp3) is 0.600. The monoisotopic (exact) mass is 445 g/mol. The summed E-state index contributed by atoms with van der Waals surface area (Å²) in [5.74, 6) is 2.69. The van der Waals surface area contributed by atoms with Gasteiger partial charge in [-0.1, -0.05) is 12.1 Å². The average Bonchev–Trinajstić information content (AvgIpc) is 3.21. The van der Waals surface area contributed by atoms with Gasteiger partial charge in [-0.05, 0) is 12.3 Å². The summed E-state index contributed by atoms with van der Waals surface area (Å²) in [6.07, 6.45) is 6.87. The Labute approximate surface area is 158 Å². The van der Waals surface area contributed by atoms with Gasteiger partial charge in [0.2, 0.25) is 5.89 Å². The van der Waals surface area contributed by atoms with Crippen LogP contribution in [0, 0.1) is 12.8 Å². The first-order valence-corrected chi connectivity index (χ1v) is 7.89. The van der Waals surface area contributed by atoms with Gasteiger partial charge in [-0.2, -0.15) is 4.98 Å². The second-order valence-corrected chi connectivity index (χ2v) is 5.92. The van der Waals surface area contributed by atoms with Crippen molar-refractivity contribution >= 4 is 29.9 Å². The van der Waals surface area contributed by atoms with Crippen molar-refractivity contribution in [1.29, 1.82) is 0 Å². The lowest BCUT2D eigenvalue weighted by atomic mass is 9.93. The molecule has 1 N–H and O–H groups in total. The fourth-order valence-electron chi connectivity index (χ4n) is 3.00. The molecule has 1 fully saturated rings. The van der Waals surface area contributed by atoms with Gasteiger partial charge in [0.05, 0.1) is 18.9 Å². The van der Waals surface area contributed by atoms with E-state index in [9.17, 15) is 0 Å². The first-order chi connectivity index (χ1) is 11.2. The normalized spacial score (nSPS) is 21.5. The molecule has 0 spiro atoms. The minimum absolute atomic E-state index is 0. The second kappa shape index (κ2) is 8.45. The molecule has 8 nitrogen and oxygen atoms in total. The molecular formula is C15H24IN7O. The zero-order chi connectivity index (χ0) is 16.2. The molecule has 0 bridgehead atoms. The molecule has 0 radical (unpaired) electrons. The Kier molecular flexibility index (Phi) is 6.58. The van der Waals surface area contributed by atoms with Crippen molar-refractivity contribution in [1.82, 2.24) is 29.9 Å². The van der Waals surface area contributed by atoms with Crippen molar-refractivity contribution < 1.29 is 4.52 Å². The first-order valence-electron chi connectivity index (χ1n) is 7.89. The summed E-state index contributed by atoms with van der Waals surface area (Å²) in [7, 11) is 1.80. The van der Waals surface area contributed by atoms with Crippen molar-refractivity contribution in [2.45, 2.75) is 32.9 Å². The lowest BCUT2D eigenvalue weighted by Gasteiger charge is -2.39. The SMILES string of the molecule is CN=C(NCc1noc(C)n1)N1CCC(C)C(n2ccnc2)C1.I.